The number of carbonyl (C=O) groups is 1. The Balaban J connectivity index is 1.58. The van der Waals surface area contributed by atoms with Gasteiger partial charge in [-0.25, -0.2) is 4.79 Å². The Bertz CT molecular complexity index is 602. The Labute approximate surface area is 136 Å². The molecule has 0 fully saturated rings. The van der Waals surface area contributed by atoms with Gasteiger partial charge in [0.15, 0.2) is 0 Å². The second-order valence-corrected chi connectivity index (χ2v) is 4.98. The molecule has 122 valence electrons. The third-order valence-corrected chi connectivity index (χ3v) is 3.21. The molecule has 2 aromatic carbocycles. The van der Waals surface area contributed by atoms with Crippen LogP contribution >= 0.6 is 0 Å². The quantitative estimate of drug-likeness (QED) is 0.737. The van der Waals surface area contributed by atoms with Gasteiger partial charge < -0.3 is 20.1 Å². The van der Waals surface area contributed by atoms with E-state index in [1.807, 2.05) is 54.6 Å². The highest BCUT2D eigenvalue weighted by atomic mass is 16.5. The van der Waals surface area contributed by atoms with E-state index in [9.17, 15) is 4.79 Å². The van der Waals surface area contributed by atoms with Gasteiger partial charge in [0.25, 0.3) is 0 Å². The van der Waals surface area contributed by atoms with Gasteiger partial charge in [0.2, 0.25) is 0 Å². The summed E-state index contributed by atoms with van der Waals surface area (Å²) in [6.07, 6.45) is 0.751. The molecule has 0 unspecified atom stereocenters. The number of carbonyl (C=O) groups excluding carboxylic acids is 1. The van der Waals surface area contributed by atoms with Gasteiger partial charge in [0.1, 0.15) is 11.5 Å². The number of urea groups is 1. The van der Waals surface area contributed by atoms with Crippen molar-refractivity contribution in [1.82, 2.24) is 10.6 Å². The summed E-state index contributed by atoms with van der Waals surface area (Å²) in [5, 5.41) is 5.62. The Morgan fingerprint density at radius 3 is 2.57 bits per heavy atom. The molecule has 0 saturated carbocycles. The predicted molar refractivity (Wildman–Crippen MR) is 89.8 cm³/mol. The summed E-state index contributed by atoms with van der Waals surface area (Å²) in [4.78, 5) is 11.7. The third-order valence-electron chi connectivity index (χ3n) is 3.21. The van der Waals surface area contributed by atoms with Crippen LogP contribution in [0.25, 0.3) is 0 Å². The number of amides is 2. The Hall–Kier alpha value is -2.69. The van der Waals surface area contributed by atoms with Crippen molar-refractivity contribution in [2.45, 2.75) is 13.0 Å². The molecule has 2 rings (SSSR count). The first-order chi connectivity index (χ1) is 11.3. The standard InChI is InChI=1S/C18H22N2O3/c1-22-17-10-5-7-15(13-17)14-20-18(21)19-11-6-12-23-16-8-3-2-4-9-16/h2-5,7-10,13H,6,11-12,14H2,1H3,(H2,19,20,21). The lowest BCUT2D eigenvalue weighted by atomic mass is 10.2. The lowest BCUT2D eigenvalue weighted by Crippen LogP contribution is -2.36. The van der Waals surface area contributed by atoms with Crippen LogP contribution in [0.4, 0.5) is 4.79 Å². The van der Waals surface area contributed by atoms with E-state index in [0.717, 1.165) is 23.5 Å². The Morgan fingerprint density at radius 2 is 1.78 bits per heavy atom. The van der Waals surface area contributed by atoms with Gasteiger partial charge in [0, 0.05) is 13.1 Å². The summed E-state index contributed by atoms with van der Waals surface area (Å²) < 4.78 is 10.7. The van der Waals surface area contributed by atoms with Crippen molar-refractivity contribution in [3.63, 3.8) is 0 Å². The average molecular weight is 314 g/mol. The minimum atomic E-state index is -0.187. The van der Waals surface area contributed by atoms with E-state index in [0.29, 0.717) is 19.7 Å². The fourth-order valence-electron chi connectivity index (χ4n) is 2.01. The summed E-state index contributed by atoms with van der Waals surface area (Å²) in [7, 11) is 1.62. The van der Waals surface area contributed by atoms with E-state index >= 15 is 0 Å². The van der Waals surface area contributed by atoms with Gasteiger partial charge in [-0.15, -0.1) is 0 Å². The fourth-order valence-corrected chi connectivity index (χ4v) is 2.01. The first kappa shape index (κ1) is 16.7. The summed E-state index contributed by atoms with van der Waals surface area (Å²) in [6, 6.07) is 17.0. The van der Waals surface area contributed by atoms with Crippen molar-refractivity contribution < 1.29 is 14.3 Å². The summed E-state index contributed by atoms with van der Waals surface area (Å²) >= 11 is 0. The molecule has 5 nitrogen and oxygen atoms in total. The molecule has 0 aliphatic heterocycles. The molecule has 0 aliphatic carbocycles. The van der Waals surface area contributed by atoms with Crippen LogP contribution in [0.2, 0.25) is 0 Å². The zero-order valence-electron chi connectivity index (χ0n) is 13.2. The van der Waals surface area contributed by atoms with Crippen LogP contribution < -0.4 is 20.1 Å². The van der Waals surface area contributed by atoms with E-state index in [2.05, 4.69) is 10.6 Å². The molecule has 0 radical (unpaired) electrons. The van der Waals surface area contributed by atoms with Crippen molar-refractivity contribution in [2.75, 3.05) is 20.3 Å². The lowest BCUT2D eigenvalue weighted by Gasteiger charge is -2.09. The molecule has 5 heteroatoms. The predicted octanol–water partition coefficient (Wildman–Crippen LogP) is 2.96. The number of rotatable bonds is 8. The highest BCUT2D eigenvalue weighted by Gasteiger charge is 2.01. The van der Waals surface area contributed by atoms with Crippen LogP contribution in [0, 0.1) is 0 Å². The normalized spacial score (nSPS) is 9.96. The van der Waals surface area contributed by atoms with E-state index < -0.39 is 0 Å². The maximum Gasteiger partial charge on any atom is 0.315 e. The van der Waals surface area contributed by atoms with Crippen molar-refractivity contribution in [2.24, 2.45) is 0 Å². The largest absolute Gasteiger partial charge is 0.497 e. The first-order valence-electron chi connectivity index (χ1n) is 7.60. The van der Waals surface area contributed by atoms with Gasteiger partial charge >= 0.3 is 6.03 Å². The second kappa shape index (κ2) is 9.35. The van der Waals surface area contributed by atoms with Gasteiger partial charge in [-0.1, -0.05) is 30.3 Å². The molecule has 0 saturated heterocycles. The molecule has 2 amide bonds. The van der Waals surface area contributed by atoms with Gasteiger partial charge in [-0.3, -0.25) is 0 Å². The maximum atomic E-state index is 11.7. The van der Waals surface area contributed by atoms with Crippen LogP contribution in [-0.4, -0.2) is 26.3 Å². The molecule has 2 N–H and O–H groups in total. The number of ether oxygens (including phenoxy) is 2. The number of para-hydroxylation sites is 1. The molecular weight excluding hydrogens is 292 g/mol. The van der Waals surface area contributed by atoms with Crippen molar-refractivity contribution in [3.8, 4) is 11.5 Å². The van der Waals surface area contributed by atoms with Crippen LogP contribution in [-0.2, 0) is 6.54 Å². The first-order valence-corrected chi connectivity index (χ1v) is 7.60. The molecule has 0 aliphatic rings. The van der Waals surface area contributed by atoms with Crippen LogP contribution in [0.3, 0.4) is 0 Å². The van der Waals surface area contributed by atoms with Crippen LogP contribution in [0.1, 0.15) is 12.0 Å². The van der Waals surface area contributed by atoms with Gasteiger partial charge in [0.05, 0.1) is 13.7 Å². The van der Waals surface area contributed by atoms with Gasteiger partial charge in [-0.2, -0.15) is 0 Å². The van der Waals surface area contributed by atoms with Crippen molar-refractivity contribution >= 4 is 6.03 Å². The summed E-state index contributed by atoms with van der Waals surface area (Å²) in [5.41, 5.74) is 0.993. The third kappa shape index (κ3) is 6.30. The number of hydrogen-bond donors (Lipinski definition) is 2. The molecule has 0 spiro atoms. The fraction of sp³-hybridized carbons (Fsp3) is 0.278. The Kier molecular flexibility index (Phi) is 6.78. The zero-order chi connectivity index (χ0) is 16.3. The van der Waals surface area contributed by atoms with Crippen LogP contribution in [0.15, 0.2) is 54.6 Å². The molecule has 0 bridgehead atoms. The average Bonchev–Trinajstić information content (AvgIpc) is 2.61. The monoisotopic (exact) mass is 314 g/mol. The van der Waals surface area contributed by atoms with E-state index in [1.165, 1.54) is 0 Å². The topological polar surface area (TPSA) is 59.6 Å². The SMILES string of the molecule is COc1cccc(CNC(=O)NCCCOc2ccccc2)c1. The summed E-state index contributed by atoms with van der Waals surface area (Å²) in [5.74, 6) is 1.62. The number of benzene rings is 2. The van der Waals surface area contributed by atoms with Crippen LogP contribution in [0.5, 0.6) is 11.5 Å². The van der Waals surface area contributed by atoms with E-state index in [1.54, 1.807) is 7.11 Å². The van der Waals surface area contributed by atoms with E-state index in [-0.39, 0.29) is 6.03 Å². The minimum absolute atomic E-state index is 0.187. The number of hydrogen-bond acceptors (Lipinski definition) is 3. The number of methoxy groups -OCH3 is 1. The molecule has 23 heavy (non-hydrogen) atoms. The summed E-state index contributed by atoms with van der Waals surface area (Å²) in [6.45, 7) is 1.60. The lowest BCUT2D eigenvalue weighted by molar-refractivity contribution is 0.238. The van der Waals surface area contributed by atoms with Crippen molar-refractivity contribution in [1.29, 1.82) is 0 Å². The minimum Gasteiger partial charge on any atom is -0.497 e. The second-order valence-electron chi connectivity index (χ2n) is 4.98. The molecule has 2 aromatic rings. The van der Waals surface area contributed by atoms with Gasteiger partial charge in [-0.05, 0) is 36.2 Å². The van der Waals surface area contributed by atoms with E-state index in [4.69, 9.17) is 9.47 Å². The zero-order valence-corrected chi connectivity index (χ0v) is 13.2. The Morgan fingerprint density at radius 1 is 1.00 bits per heavy atom. The van der Waals surface area contributed by atoms with Crippen molar-refractivity contribution in [3.05, 3.63) is 60.2 Å². The highest BCUT2D eigenvalue weighted by molar-refractivity contribution is 5.73. The molecular formula is C18H22N2O3. The molecule has 0 heterocycles. The molecule has 0 aromatic heterocycles. The number of nitrogens with one attached hydrogen (secondary N) is 2. The molecule has 0 atom stereocenters. The highest BCUT2D eigenvalue weighted by Crippen LogP contribution is 2.12. The maximum absolute atomic E-state index is 11.7. The smallest absolute Gasteiger partial charge is 0.315 e.